The minimum Gasteiger partial charge on any atom is -0.480 e. The van der Waals surface area contributed by atoms with Gasteiger partial charge in [0.15, 0.2) is 0 Å². The molecule has 0 saturated heterocycles. The van der Waals surface area contributed by atoms with Crippen LogP contribution < -0.4 is 0 Å². The van der Waals surface area contributed by atoms with Gasteiger partial charge in [0.2, 0.25) is 0 Å². The Kier molecular flexibility index (Phi) is 3.86. The zero-order valence-corrected chi connectivity index (χ0v) is 9.40. The van der Waals surface area contributed by atoms with Crippen LogP contribution in [0.4, 0.5) is 0 Å². The Balaban J connectivity index is 2.79. The van der Waals surface area contributed by atoms with Crippen LogP contribution in [0.15, 0.2) is 24.3 Å². The summed E-state index contributed by atoms with van der Waals surface area (Å²) in [6.45, 7) is 2.01. The Hall–Kier alpha value is -1.35. The van der Waals surface area contributed by atoms with Gasteiger partial charge in [0.05, 0.1) is 0 Å². The summed E-state index contributed by atoms with van der Waals surface area (Å²) in [4.78, 5) is 12.7. The normalized spacial score (nSPS) is 12.8. The molecule has 3 heteroatoms. The molecule has 1 atom stereocenters. The predicted octanol–water partition coefficient (Wildman–Crippen LogP) is 1.55. The Bertz CT molecular complexity index is 347. The molecule has 3 nitrogen and oxygen atoms in total. The van der Waals surface area contributed by atoms with Gasteiger partial charge in [0.1, 0.15) is 6.04 Å². The molecule has 0 aliphatic heterocycles. The third-order valence-electron chi connectivity index (χ3n) is 2.42. The highest BCUT2D eigenvalue weighted by molar-refractivity contribution is 5.73. The maximum Gasteiger partial charge on any atom is 0.321 e. The minimum atomic E-state index is -0.776. The topological polar surface area (TPSA) is 40.5 Å². The first-order valence-electron chi connectivity index (χ1n) is 4.95. The molecule has 0 aromatic heterocycles. The van der Waals surface area contributed by atoms with E-state index in [0.717, 1.165) is 11.1 Å². The first kappa shape index (κ1) is 11.7. The number of likely N-dealkylation sites (N-methyl/N-ethyl adjacent to an activating group) is 1. The van der Waals surface area contributed by atoms with Gasteiger partial charge < -0.3 is 5.11 Å². The minimum absolute atomic E-state index is 0.452. The first-order chi connectivity index (χ1) is 7.00. The molecule has 0 aliphatic carbocycles. The number of benzene rings is 1. The highest BCUT2D eigenvalue weighted by Crippen LogP contribution is 2.09. The zero-order valence-electron chi connectivity index (χ0n) is 9.40. The van der Waals surface area contributed by atoms with E-state index in [4.69, 9.17) is 5.11 Å². The molecule has 1 aromatic carbocycles. The molecule has 15 heavy (non-hydrogen) atoms. The smallest absolute Gasteiger partial charge is 0.321 e. The second kappa shape index (κ2) is 4.94. The van der Waals surface area contributed by atoms with Gasteiger partial charge in [0.25, 0.3) is 0 Å². The van der Waals surface area contributed by atoms with Crippen molar-refractivity contribution in [3.05, 3.63) is 35.4 Å². The Morgan fingerprint density at radius 3 is 2.60 bits per heavy atom. The average molecular weight is 207 g/mol. The van der Waals surface area contributed by atoms with Gasteiger partial charge >= 0.3 is 5.97 Å². The van der Waals surface area contributed by atoms with Gasteiger partial charge in [-0.15, -0.1) is 0 Å². The second-order valence-corrected chi connectivity index (χ2v) is 4.01. The highest BCUT2D eigenvalue weighted by Gasteiger charge is 2.19. The third-order valence-corrected chi connectivity index (χ3v) is 2.42. The summed E-state index contributed by atoms with van der Waals surface area (Å²) in [6.07, 6.45) is 0.546. The summed E-state index contributed by atoms with van der Waals surface area (Å²) in [7, 11) is 3.57. The van der Waals surface area contributed by atoms with Gasteiger partial charge in [0, 0.05) is 0 Å². The maximum atomic E-state index is 11.0. The van der Waals surface area contributed by atoms with E-state index in [9.17, 15) is 4.79 Å². The fraction of sp³-hybridized carbons (Fsp3) is 0.417. The number of carboxylic acid groups (broad SMARTS) is 1. The summed E-state index contributed by atoms with van der Waals surface area (Å²) in [5, 5.41) is 9.03. The molecule has 0 spiro atoms. The van der Waals surface area contributed by atoms with E-state index < -0.39 is 12.0 Å². The van der Waals surface area contributed by atoms with Gasteiger partial charge in [-0.05, 0) is 33.0 Å². The van der Waals surface area contributed by atoms with Crippen molar-refractivity contribution < 1.29 is 9.90 Å². The molecule has 0 unspecified atom stereocenters. The molecule has 0 amide bonds. The van der Waals surface area contributed by atoms with Gasteiger partial charge in [-0.2, -0.15) is 0 Å². The van der Waals surface area contributed by atoms with E-state index >= 15 is 0 Å². The van der Waals surface area contributed by atoms with Crippen molar-refractivity contribution in [1.82, 2.24) is 4.90 Å². The monoisotopic (exact) mass is 207 g/mol. The molecule has 0 bridgehead atoms. The van der Waals surface area contributed by atoms with Crippen molar-refractivity contribution in [1.29, 1.82) is 0 Å². The molecule has 0 saturated carbocycles. The number of hydrogen-bond acceptors (Lipinski definition) is 2. The van der Waals surface area contributed by atoms with Crippen LogP contribution in [0, 0.1) is 6.92 Å². The molecular formula is C12H17NO2. The van der Waals surface area contributed by atoms with Crippen molar-refractivity contribution in [2.24, 2.45) is 0 Å². The van der Waals surface area contributed by atoms with E-state index in [-0.39, 0.29) is 0 Å². The van der Waals surface area contributed by atoms with Crippen molar-refractivity contribution in [2.45, 2.75) is 19.4 Å². The standard InChI is InChI=1S/C12H17NO2/c1-9-5-4-6-10(7-9)8-11(12(14)15)13(2)3/h4-7,11H,8H2,1-3H3,(H,14,15)/t11-/m1/s1. The summed E-state index contributed by atoms with van der Waals surface area (Å²) in [6, 6.07) is 7.51. The Labute approximate surface area is 90.3 Å². The third kappa shape index (κ3) is 3.36. The van der Waals surface area contributed by atoms with Crippen molar-refractivity contribution in [2.75, 3.05) is 14.1 Å². The largest absolute Gasteiger partial charge is 0.480 e. The molecule has 1 rings (SSSR count). The van der Waals surface area contributed by atoms with Crippen LogP contribution >= 0.6 is 0 Å². The van der Waals surface area contributed by atoms with E-state index in [1.54, 1.807) is 19.0 Å². The van der Waals surface area contributed by atoms with Crippen LogP contribution in [-0.2, 0) is 11.2 Å². The molecule has 0 fully saturated rings. The SMILES string of the molecule is Cc1cccc(C[C@H](C(=O)O)N(C)C)c1. The second-order valence-electron chi connectivity index (χ2n) is 4.01. The van der Waals surface area contributed by atoms with Crippen LogP contribution in [0.25, 0.3) is 0 Å². The molecular weight excluding hydrogens is 190 g/mol. The van der Waals surface area contributed by atoms with Crippen LogP contribution in [0.1, 0.15) is 11.1 Å². The van der Waals surface area contributed by atoms with Crippen molar-refractivity contribution >= 4 is 5.97 Å². The molecule has 1 aromatic rings. The number of rotatable bonds is 4. The van der Waals surface area contributed by atoms with Crippen molar-refractivity contribution in [3.63, 3.8) is 0 Å². The molecule has 0 radical (unpaired) electrons. The molecule has 0 aliphatic rings. The van der Waals surface area contributed by atoms with Gasteiger partial charge in [-0.1, -0.05) is 29.8 Å². The number of aliphatic carboxylic acids is 1. The van der Waals surface area contributed by atoms with E-state index in [1.165, 1.54) is 0 Å². The zero-order chi connectivity index (χ0) is 11.4. The van der Waals surface area contributed by atoms with Crippen LogP contribution in [0.3, 0.4) is 0 Å². The number of carbonyl (C=O) groups is 1. The van der Waals surface area contributed by atoms with Crippen LogP contribution in [0.5, 0.6) is 0 Å². The number of nitrogens with zero attached hydrogens (tertiary/aromatic N) is 1. The lowest BCUT2D eigenvalue weighted by atomic mass is 10.0. The Morgan fingerprint density at radius 2 is 2.13 bits per heavy atom. The summed E-state index contributed by atoms with van der Waals surface area (Å²) < 4.78 is 0. The number of carboxylic acids is 1. The fourth-order valence-corrected chi connectivity index (χ4v) is 1.55. The lowest BCUT2D eigenvalue weighted by Gasteiger charge is -2.20. The first-order valence-corrected chi connectivity index (χ1v) is 4.95. The predicted molar refractivity (Wildman–Crippen MR) is 60.0 cm³/mol. The maximum absolute atomic E-state index is 11.0. The number of hydrogen-bond donors (Lipinski definition) is 1. The van der Waals surface area contributed by atoms with Crippen molar-refractivity contribution in [3.8, 4) is 0 Å². The van der Waals surface area contributed by atoms with Crippen LogP contribution in [0.2, 0.25) is 0 Å². The molecule has 82 valence electrons. The molecule has 0 heterocycles. The van der Waals surface area contributed by atoms with Gasteiger partial charge in [-0.25, -0.2) is 0 Å². The van der Waals surface area contributed by atoms with Gasteiger partial charge in [-0.3, -0.25) is 9.69 Å². The summed E-state index contributed by atoms with van der Waals surface area (Å²) in [5.74, 6) is -0.776. The molecule has 1 N–H and O–H groups in total. The van der Waals surface area contributed by atoms with E-state index in [1.807, 2.05) is 31.2 Å². The lowest BCUT2D eigenvalue weighted by Crippen LogP contribution is -2.37. The van der Waals surface area contributed by atoms with E-state index in [0.29, 0.717) is 6.42 Å². The Morgan fingerprint density at radius 1 is 1.47 bits per heavy atom. The average Bonchev–Trinajstić information content (AvgIpc) is 2.13. The van der Waals surface area contributed by atoms with Crippen LogP contribution in [-0.4, -0.2) is 36.1 Å². The fourth-order valence-electron chi connectivity index (χ4n) is 1.55. The summed E-state index contributed by atoms with van der Waals surface area (Å²) in [5.41, 5.74) is 2.23. The van der Waals surface area contributed by atoms with E-state index in [2.05, 4.69) is 0 Å². The number of aryl methyl sites for hydroxylation is 1. The highest BCUT2D eigenvalue weighted by atomic mass is 16.4. The summed E-state index contributed by atoms with van der Waals surface area (Å²) >= 11 is 0. The lowest BCUT2D eigenvalue weighted by molar-refractivity contribution is -0.142. The quantitative estimate of drug-likeness (QED) is 0.814.